The Labute approximate surface area is 96.9 Å². The van der Waals surface area contributed by atoms with E-state index in [2.05, 4.69) is 15.2 Å². The van der Waals surface area contributed by atoms with Gasteiger partial charge in [0.05, 0.1) is 5.69 Å². The van der Waals surface area contributed by atoms with E-state index >= 15 is 0 Å². The Morgan fingerprint density at radius 3 is 2.87 bits per heavy atom. The first-order valence-corrected chi connectivity index (χ1v) is 5.19. The van der Waals surface area contributed by atoms with Crippen LogP contribution in [0.25, 0.3) is 5.69 Å². The fourth-order valence-electron chi connectivity index (χ4n) is 1.33. The molecule has 6 heteroatoms. The van der Waals surface area contributed by atoms with Crippen LogP contribution in [0.4, 0.5) is 0 Å². The number of hydrogen-bond acceptors (Lipinski definition) is 3. The predicted octanol–water partition coefficient (Wildman–Crippen LogP) is 2.53. The zero-order valence-electron chi connectivity index (χ0n) is 7.98. The molecule has 0 aliphatic carbocycles. The maximum atomic E-state index is 5.94. The van der Waals surface area contributed by atoms with Crippen LogP contribution in [-0.4, -0.2) is 19.7 Å². The highest BCUT2D eigenvalue weighted by Gasteiger charge is 2.09. The molecule has 0 bridgehead atoms. The van der Waals surface area contributed by atoms with Gasteiger partial charge in [-0.05, 0) is 0 Å². The van der Waals surface area contributed by atoms with Crippen molar-refractivity contribution in [2.75, 3.05) is 0 Å². The van der Waals surface area contributed by atoms with Gasteiger partial charge in [-0.15, -0.1) is 10.2 Å². The SMILES string of the molecule is CCc1nccn1-c1cc(Cl)nnc1Cl. The second-order valence-electron chi connectivity index (χ2n) is 2.91. The summed E-state index contributed by atoms with van der Waals surface area (Å²) in [5.41, 5.74) is 0.700. The smallest absolute Gasteiger partial charge is 0.175 e. The van der Waals surface area contributed by atoms with Crippen molar-refractivity contribution in [3.8, 4) is 5.69 Å². The summed E-state index contributed by atoms with van der Waals surface area (Å²) in [5, 5.41) is 8.02. The molecule has 0 atom stereocenters. The Kier molecular flexibility index (Phi) is 2.88. The molecule has 0 N–H and O–H groups in total. The molecule has 0 aliphatic heterocycles. The number of rotatable bonds is 2. The van der Waals surface area contributed by atoms with Crippen LogP contribution in [-0.2, 0) is 6.42 Å². The molecule has 0 aromatic carbocycles. The fourth-order valence-corrected chi connectivity index (χ4v) is 1.65. The van der Waals surface area contributed by atoms with Crippen molar-refractivity contribution in [3.63, 3.8) is 0 Å². The molecular formula is C9H8Cl2N4. The first kappa shape index (κ1) is 10.4. The topological polar surface area (TPSA) is 43.6 Å². The number of imidazole rings is 1. The number of nitrogens with zero attached hydrogens (tertiary/aromatic N) is 4. The number of aromatic nitrogens is 4. The summed E-state index contributed by atoms with van der Waals surface area (Å²) in [7, 11) is 0. The van der Waals surface area contributed by atoms with Crippen molar-refractivity contribution < 1.29 is 0 Å². The van der Waals surface area contributed by atoms with Gasteiger partial charge in [0.15, 0.2) is 10.3 Å². The van der Waals surface area contributed by atoms with Gasteiger partial charge in [0.25, 0.3) is 0 Å². The summed E-state index contributed by atoms with van der Waals surface area (Å²) in [4.78, 5) is 4.19. The molecule has 0 amide bonds. The van der Waals surface area contributed by atoms with Crippen LogP contribution < -0.4 is 0 Å². The minimum absolute atomic E-state index is 0.310. The molecule has 2 aromatic heterocycles. The maximum absolute atomic E-state index is 5.94. The van der Waals surface area contributed by atoms with E-state index in [1.54, 1.807) is 12.3 Å². The Morgan fingerprint density at radius 1 is 1.33 bits per heavy atom. The number of aryl methyl sites for hydroxylation is 1. The third-order valence-corrected chi connectivity index (χ3v) is 2.45. The molecule has 0 fully saturated rings. The molecule has 0 unspecified atom stereocenters. The molecule has 4 nitrogen and oxygen atoms in total. The van der Waals surface area contributed by atoms with Crippen LogP contribution in [0.3, 0.4) is 0 Å². The molecule has 0 spiro atoms. The second kappa shape index (κ2) is 4.16. The highest BCUT2D eigenvalue weighted by atomic mass is 35.5. The molecule has 0 saturated carbocycles. The lowest BCUT2D eigenvalue weighted by molar-refractivity contribution is 0.876. The first-order chi connectivity index (χ1) is 7.22. The maximum Gasteiger partial charge on any atom is 0.175 e. The van der Waals surface area contributed by atoms with Gasteiger partial charge in [0.1, 0.15) is 5.82 Å². The van der Waals surface area contributed by atoms with Gasteiger partial charge in [-0.3, -0.25) is 0 Å². The Bertz CT molecular complexity index is 481. The van der Waals surface area contributed by atoms with E-state index in [1.165, 1.54) is 0 Å². The van der Waals surface area contributed by atoms with E-state index in [0.29, 0.717) is 16.0 Å². The third kappa shape index (κ3) is 1.96. The van der Waals surface area contributed by atoms with Crippen molar-refractivity contribution in [3.05, 3.63) is 34.6 Å². The minimum atomic E-state index is 0.310. The lowest BCUT2D eigenvalue weighted by Crippen LogP contribution is -2.01. The number of hydrogen-bond donors (Lipinski definition) is 0. The van der Waals surface area contributed by atoms with Crippen LogP contribution in [0.1, 0.15) is 12.7 Å². The van der Waals surface area contributed by atoms with Crippen molar-refractivity contribution in [1.29, 1.82) is 0 Å². The van der Waals surface area contributed by atoms with E-state index < -0.39 is 0 Å². The van der Waals surface area contributed by atoms with Gasteiger partial charge < -0.3 is 4.57 Å². The van der Waals surface area contributed by atoms with Crippen molar-refractivity contribution in [1.82, 2.24) is 19.7 Å². The quantitative estimate of drug-likeness (QED) is 0.813. The molecule has 15 heavy (non-hydrogen) atoms. The van der Waals surface area contributed by atoms with E-state index in [4.69, 9.17) is 23.2 Å². The van der Waals surface area contributed by atoms with Crippen LogP contribution in [0.2, 0.25) is 10.3 Å². The van der Waals surface area contributed by atoms with E-state index in [0.717, 1.165) is 12.2 Å². The minimum Gasteiger partial charge on any atom is -0.301 e. The molecule has 78 valence electrons. The second-order valence-corrected chi connectivity index (χ2v) is 3.66. The van der Waals surface area contributed by atoms with Gasteiger partial charge in [0.2, 0.25) is 0 Å². The largest absolute Gasteiger partial charge is 0.301 e. The Balaban J connectivity index is 2.58. The first-order valence-electron chi connectivity index (χ1n) is 4.43. The highest BCUT2D eigenvalue weighted by molar-refractivity contribution is 6.32. The summed E-state index contributed by atoms with van der Waals surface area (Å²) >= 11 is 11.7. The van der Waals surface area contributed by atoms with E-state index in [-0.39, 0.29) is 0 Å². The molecule has 0 aliphatic rings. The molecular weight excluding hydrogens is 235 g/mol. The van der Waals surface area contributed by atoms with Gasteiger partial charge >= 0.3 is 0 Å². The molecule has 0 radical (unpaired) electrons. The Hall–Kier alpha value is -1.13. The van der Waals surface area contributed by atoms with Crippen molar-refractivity contribution in [2.24, 2.45) is 0 Å². The van der Waals surface area contributed by atoms with Crippen molar-refractivity contribution in [2.45, 2.75) is 13.3 Å². The van der Waals surface area contributed by atoms with Crippen LogP contribution in [0.5, 0.6) is 0 Å². The molecule has 2 aromatic rings. The van der Waals surface area contributed by atoms with Gasteiger partial charge in [0, 0.05) is 24.9 Å². The monoisotopic (exact) mass is 242 g/mol. The zero-order chi connectivity index (χ0) is 10.8. The fraction of sp³-hybridized carbons (Fsp3) is 0.222. The molecule has 0 saturated heterocycles. The van der Waals surface area contributed by atoms with Crippen LogP contribution in [0, 0.1) is 0 Å². The lowest BCUT2D eigenvalue weighted by atomic mass is 10.4. The highest BCUT2D eigenvalue weighted by Crippen LogP contribution is 2.21. The van der Waals surface area contributed by atoms with E-state index in [1.807, 2.05) is 17.7 Å². The van der Waals surface area contributed by atoms with Crippen molar-refractivity contribution >= 4 is 23.2 Å². The predicted molar refractivity (Wildman–Crippen MR) is 58.6 cm³/mol. The Morgan fingerprint density at radius 2 is 2.13 bits per heavy atom. The molecule has 2 heterocycles. The van der Waals surface area contributed by atoms with Gasteiger partial charge in [-0.1, -0.05) is 30.1 Å². The summed E-state index contributed by atoms with van der Waals surface area (Å²) in [6, 6.07) is 1.66. The lowest BCUT2D eigenvalue weighted by Gasteiger charge is -2.07. The number of halogens is 2. The average molecular weight is 243 g/mol. The summed E-state index contributed by atoms with van der Waals surface area (Å²) in [5.74, 6) is 0.904. The van der Waals surface area contributed by atoms with Crippen LogP contribution in [0.15, 0.2) is 18.5 Å². The third-order valence-electron chi connectivity index (χ3n) is 1.99. The van der Waals surface area contributed by atoms with Crippen LogP contribution >= 0.6 is 23.2 Å². The summed E-state index contributed by atoms with van der Waals surface area (Å²) < 4.78 is 1.85. The normalized spacial score (nSPS) is 10.6. The standard InChI is InChI=1S/C9H8Cl2N4/c1-2-8-12-3-4-15(8)6-5-7(10)13-14-9(6)11/h3-5H,2H2,1H3. The summed E-state index contributed by atoms with van der Waals surface area (Å²) in [6.07, 6.45) is 4.34. The van der Waals surface area contributed by atoms with Gasteiger partial charge in [-0.25, -0.2) is 4.98 Å². The summed E-state index contributed by atoms with van der Waals surface area (Å²) in [6.45, 7) is 2.02. The van der Waals surface area contributed by atoms with E-state index in [9.17, 15) is 0 Å². The molecule has 2 rings (SSSR count). The average Bonchev–Trinajstić information content (AvgIpc) is 2.69. The zero-order valence-corrected chi connectivity index (χ0v) is 9.50. The van der Waals surface area contributed by atoms with Gasteiger partial charge in [-0.2, -0.15) is 0 Å².